The molecular weight excluding hydrogens is 1190 g/mol. The minimum absolute atomic E-state index is 0.0128. The van der Waals surface area contributed by atoms with E-state index in [1.807, 2.05) is 6.08 Å². The number of amides is 1. The van der Waals surface area contributed by atoms with E-state index in [1.54, 1.807) is 6.08 Å². The molecule has 0 saturated heterocycles. The van der Waals surface area contributed by atoms with Crippen molar-refractivity contribution in [1.82, 2.24) is 5.32 Å². The van der Waals surface area contributed by atoms with E-state index in [0.717, 1.165) is 57.8 Å². The van der Waals surface area contributed by atoms with Gasteiger partial charge >= 0.3 is 5.97 Å². The van der Waals surface area contributed by atoms with E-state index in [2.05, 4.69) is 67.8 Å². The number of hydrogen-bond acceptors (Lipinski definition) is 5. The lowest BCUT2D eigenvalue weighted by Gasteiger charge is -2.20. The van der Waals surface area contributed by atoms with E-state index >= 15 is 0 Å². The van der Waals surface area contributed by atoms with Gasteiger partial charge in [0, 0.05) is 12.8 Å². The van der Waals surface area contributed by atoms with Crippen LogP contribution in [0.3, 0.4) is 0 Å². The number of rotatable bonds is 83. The number of nitrogens with one attached hydrogen (secondary N) is 1. The Bertz CT molecular complexity index is 1670. The summed E-state index contributed by atoms with van der Waals surface area (Å²) in [6.07, 6.45) is 117. The van der Waals surface area contributed by atoms with Crippen LogP contribution in [-0.2, 0) is 14.3 Å². The predicted molar refractivity (Wildman–Crippen MR) is 430 cm³/mol. The average molecular weight is 1360 g/mol. The van der Waals surface area contributed by atoms with E-state index in [-0.39, 0.29) is 18.5 Å². The van der Waals surface area contributed by atoms with Crippen LogP contribution in [0.2, 0.25) is 0 Å². The first kappa shape index (κ1) is 94.6. The number of ether oxygens (including phenoxy) is 1. The molecule has 0 radical (unpaired) electrons. The zero-order valence-electron chi connectivity index (χ0n) is 65.6. The summed E-state index contributed by atoms with van der Waals surface area (Å²) in [7, 11) is 0. The van der Waals surface area contributed by atoms with Crippen molar-refractivity contribution in [2.75, 3.05) is 13.2 Å². The van der Waals surface area contributed by atoms with Gasteiger partial charge in [0.25, 0.3) is 0 Å². The molecule has 570 valence electrons. The maximum absolute atomic E-state index is 12.6. The fraction of sp³-hybridized carbons (Fsp3) is 0.868. The molecular formula is C91H171NO5. The number of carbonyl (C=O) groups is 2. The third kappa shape index (κ3) is 82.4. The topological polar surface area (TPSA) is 95.9 Å². The number of hydrogen-bond donors (Lipinski definition) is 3. The summed E-state index contributed by atoms with van der Waals surface area (Å²) in [5.41, 5.74) is 0. The summed E-state index contributed by atoms with van der Waals surface area (Å²) in [4.78, 5) is 24.7. The van der Waals surface area contributed by atoms with Gasteiger partial charge < -0.3 is 20.3 Å². The van der Waals surface area contributed by atoms with Crippen LogP contribution in [0.5, 0.6) is 0 Å². The van der Waals surface area contributed by atoms with Crippen molar-refractivity contribution in [1.29, 1.82) is 0 Å². The van der Waals surface area contributed by atoms with Crippen molar-refractivity contribution in [2.24, 2.45) is 0 Å². The van der Waals surface area contributed by atoms with Gasteiger partial charge in [0.1, 0.15) is 0 Å². The van der Waals surface area contributed by atoms with Crippen LogP contribution < -0.4 is 5.32 Å². The molecule has 0 fully saturated rings. The molecule has 6 heteroatoms. The fourth-order valence-electron chi connectivity index (χ4n) is 13.8. The number of allylic oxidation sites excluding steroid dienone is 9. The Morgan fingerprint density at radius 3 is 0.804 bits per heavy atom. The molecule has 1 amide bonds. The number of esters is 1. The first-order chi connectivity index (χ1) is 48.0. The van der Waals surface area contributed by atoms with Gasteiger partial charge in [0.2, 0.25) is 5.91 Å². The lowest BCUT2D eigenvalue weighted by atomic mass is 10.0. The fourth-order valence-corrected chi connectivity index (χ4v) is 13.8. The SMILES string of the molecule is CCCCC/C=C\C/C=C\CCCCCCCCCC(=O)OCCCCCCCCCCCCCCCCC/C=C\C/C=C\CCCCCCCCCCCCCCCCCCCC(=O)NC(CO)C(O)/C=C/CCCCCCCCCCCCCCCCCCCCCCCC. The van der Waals surface area contributed by atoms with Crippen LogP contribution in [0.4, 0.5) is 0 Å². The van der Waals surface area contributed by atoms with Crippen LogP contribution >= 0.6 is 0 Å². The average Bonchev–Trinajstić information content (AvgIpc) is 2.53. The van der Waals surface area contributed by atoms with Crippen LogP contribution in [-0.4, -0.2) is 47.4 Å². The van der Waals surface area contributed by atoms with Gasteiger partial charge in [-0.15, -0.1) is 0 Å². The van der Waals surface area contributed by atoms with E-state index in [9.17, 15) is 19.8 Å². The summed E-state index contributed by atoms with van der Waals surface area (Å²) < 4.78 is 5.51. The van der Waals surface area contributed by atoms with Gasteiger partial charge in [-0.25, -0.2) is 0 Å². The minimum Gasteiger partial charge on any atom is -0.466 e. The largest absolute Gasteiger partial charge is 0.466 e. The Morgan fingerprint density at radius 1 is 0.289 bits per heavy atom. The smallest absolute Gasteiger partial charge is 0.305 e. The van der Waals surface area contributed by atoms with Gasteiger partial charge in [0.15, 0.2) is 0 Å². The maximum Gasteiger partial charge on any atom is 0.305 e. The highest BCUT2D eigenvalue weighted by molar-refractivity contribution is 5.76. The second-order valence-electron chi connectivity index (χ2n) is 30.2. The van der Waals surface area contributed by atoms with Crippen molar-refractivity contribution in [2.45, 2.75) is 495 Å². The normalized spacial score (nSPS) is 12.7. The summed E-state index contributed by atoms with van der Waals surface area (Å²) in [6.45, 7) is 4.93. The van der Waals surface area contributed by atoms with Gasteiger partial charge in [-0.1, -0.05) is 434 Å². The second kappa shape index (κ2) is 86.0. The first-order valence-electron chi connectivity index (χ1n) is 44.1. The predicted octanol–water partition coefficient (Wildman–Crippen LogP) is 29.7. The van der Waals surface area contributed by atoms with Crippen molar-refractivity contribution in [3.05, 3.63) is 60.8 Å². The number of aliphatic hydroxyl groups is 2. The highest BCUT2D eigenvalue weighted by Gasteiger charge is 2.18. The third-order valence-electron chi connectivity index (χ3n) is 20.5. The molecule has 0 bridgehead atoms. The third-order valence-corrected chi connectivity index (χ3v) is 20.5. The van der Waals surface area contributed by atoms with Crippen molar-refractivity contribution in [3.8, 4) is 0 Å². The number of carbonyl (C=O) groups excluding carboxylic acids is 2. The Morgan fingerprint density at radius 2 is 0.515 bits per heavy atom. The molecule has 0 aromatic carbocycles. The molecule has 0 rings (SSSR count). The van der Waals surface area contributed by atoms with E-state index in [0.29, 0.717) is 19.4 Å². The van der Waals surface area contributed by atoms with Gasteiger partial charge in [-0.05, 0) is 96.3 Å². The van der Waals surface area contributed by atoms with E-state index in [1.165, 1.54) is 398 Å². The van der Waals surface area contributed by atoms with Gasteiger partial charge in [-0.2, -0.15) is 0 Å². The summed E-state index contributed by atoms with van der Waals surface area (Å²) in [6, 6.07) is -0.628. The molecule has 3 N–H and O–H groups in total. The Labute approximate surface area is 607 Å². The molecule has 6 nitrogen and oxygen atoms in total. The van der Waals surface area contributed by atoms with Crippen LogP contribution in [0.15, 0.2) is 60.8 Å². The van der Waals surface area contributed by atoms with Crippen LogP contribution in [0, 0.1) is 0 Å². The molecule has 2 unspecified atom stereocenters. The lowest BCUT2D eigenvalue weighted by molar-refractivity contribution is -0.143. The van der Waals surface area contributed by atoms with Gasteiger partial charge in [0.05, 0.1) is 25.4 Å². The molecule has 0 aromatic rings. The summed E-state index contributed by atoms with van der Waals surface area (Å²) in [5, 5.41) is 23.3. The molecule has 0 spiro atoms. The van der Waals surface area contributed by atoms with Crippen LogP contribution in [0.25, 0.3) is 0 Å². The van der Waals surface area contributed by atoms with Gasteiger partial charge in [-0.3, -0.25) is 9.59 Å². The standard InChI is InChI=1S/C91H171NO5/c1-3-5-7-9-11-13-15-17-19-21-22-23-24-42-45-48-52-55-59-63-67-71-75-79-83-89(94)88(87-93)92-90(95)84-80-76-72-68-64-60-56-53-49-46-43-40-38-36-34-32-30-28-26-25-27-29-31-33-35-37-39-41-44-47-50-54-58-62-66-70-74-78-82-86-97-91(96)85-81-77-73-69-65-61-57-51-20-18-16-14-12-10-8-6-4-2/h12,14,18,20,25-26,29,31,79,83,88-89,93-94H,3-11,13,15-17,19,21-24,27-28,30,32-78,80-82,84-87H2,1-2H3,(H,92,95)/b14-12-,20-18-,26-25-,31-29-,83-79+. The minimum atomic E-state index is -0.845. The monoisotopic (exact) mass is 1360 g/mol. The second-order valence-corrected chi connectivity index (χ2v) is 30.2. The molecule has 0 aliphatic carbocycles. The zero-order chi connectivity index (χ0) is 69.8. The summed E-state index contributed by atoms with van der Waals surface area (Å²) in [5.74, 6) is -0.0471. The van der Waals surface area contributed by atoms with E-state index < -0.39 is 12.1 Å². The molecule has 0 aromatic heterocycles. The molecule has 0 aliphatic rings. The lowest BCUT2D eigenvalue weighted by Crippen LogP contribution is -2.45. The number of unbranched alkanes of at least 4 members (excludes halogenated alkanes) is 64. The Balaban J connectivity index is 3.38. The highest BCUT2D eigenvalue weighted by atomic mass is 16.5. The molecule has 0 heterocycles. The summed E-state index contributed by atoms with van der Waals surface area (Å²) >= 11 is 0. The maximum atomic E-state index is 12.6. The van der Waals surface area contributed by atoms with Crippen molar-refractivity contribution in [3.63, 3.8) is 0 Å². The zero-order valence-corrected chi connectivity index (χ0v) is 65.6. The van der Waals surface area contributed by atoms with Crippen molar-refractivity contribution < 1.29 is 24.5 Å². The first-order valence-corrected chi connectivity index (χ1v) is 44.1. The van der Waals surface area contributed by atoms with E-state index in [4.69, 9.17) is 4.74 Å². The molecule has 97 heavy (non-hydrogen) atoms. The molecule has 0 aliphatic heterocycles. The Kier molecular flexibility index (Phi) is 83.8. The number of aliphatic hydroxyl groups excluding tert-OH is 2. The quantitative estimate of drug-likeness (QED) is 0.0320. The molecule has 2 atom stereocenters. The Hall–Kier alpha value is -2.44. The highest BCUT2D eigenvalue weighted by Crippen LogP contribution is 2.20. The van der Waals surface area contributed by atoms with Crippen LogP contribution in [0.1, 0.15) is 483 Å². The van der Waals surface area contributed by atoms with Crippen molar-refractivity contribution >= 4 is 11.9 Å². The molecule has 0 saturated carbocycles.